The van der Waals surface area contributed by atoms with Gasteiger partial charge in [-0.3, -0.25) is 9.69 Å². The number of nitrogens with zero attached hydrogens (tertiary/aromatic N) is 2. The number of carbonyl (C=O) groups is 1. The van der Waals surface area contributed by atoms with Gasteiger partial charge >= 0.3 is 0 Å². The molecule has 0 aromatic heterocycles. The smallest absolute Gasteiger partial charge is 0.236 e. The van der Waals surface area contributed by atoms with Gasteiger partial charge in [-0.05, 0) is 31.4 Å². The molecule has 1 saturated heterocycles. The molecular weight excluding hydrogens is 281 g/mol. The second kappa shape index (κ2) is 7.70. The Balaban J connectivity index is 1.95. The minimum Gasteiger partial charge on any atom is -0.340 e. The molecule has 4 nitrogen and oxygen atoms in total. The third-order valence-electron chi connectivity index (χ3n) is 4.60. The van der Waals surface area contributed by atoms with E-state index in [1.807, 2.05) is 0 Å². The van der Waals surface area contributed by atoms with E-state index in [9.17, 15) is 9.18 Å². The van der Waals surface area contributed by atoms with Gasteiger partial charge < -0.3 is 10.6 Å². The van der Waals surface area contributed by atoms with Crippen LogP contribution in [0.3, 0.4) is 0 Å². The van der Waals surface area contributed by atoms with Crippen molar-refractivity contribution in [3.8, 4) is 0 Å². The highest BCUT2D eigenvalue weighted by Gasteiger charge is 2.29. The molecule has 0 aliphatic carbocycles. The van der Waals surface area contributed by atoms with E-state index in [1.54, 1.807) is 30.1 Å². The van der Waals surface area contributed by atoms with Crippen molar-refractivity contribution in [1.29, 1.82) is 0 Å². The summed E-state index contributed by atoms with van der Waals surface area (Å²) in [6, 6.07) is 6.84. The van der Waals surface area contributed by atoms with Crippen LogP contribution in [0.15, 0.2) is 24.3 Å². The molecule has 1 fully saturated rings. The molecule has 5 heteroatoms. The van der Waals surface area contributed by atoms with Crippen LogP contribution >= 0.6 is 0 Å². The molecule has 1 amide bonds. The van der Waals surface area contributed by atoms with E-state index in [1.165, 1.54) is 6.07 Å². The summed E-state index contributed by atoms with van der Waals surface area (Å²) in [5, 5.41) is 0. The van der Waals surface area contributed by atoms with Crippen molar-refractivity contribution in [2.75, 3.05) is 26.7 Å². The molecule has 2 N–H and O–H groups in total. The Kier molecular flexibility index (Phi) is 5.91. The molecule has 1 aromatic rings. The predicted molar refractivity (Wildman–Crippen MR) is 85.7 cm³/mol. The van der Waals surface area contributed by atoms with Gasteiger partial charge in [-0.2, -0.15) is 0 Å². The molecule has 2 atom stereocenters. The molecular formula is C17H26FN3O. The van der Waals surface area contributed by atoms with E-state index in [0.717, 1.165) is 19.4 Å². The number of carbonyl (C=O) groups excluding carboxylic acids is 1. The number of amides is 1. The van der Waals surface area contributed by atoms with Gasteiger partial charge in [-0.15, -0.1) is 0 Å². The summed E-state index contributed by atoms with van der Waals surface area (Å²) in [6.45, 7) is 4.33. The minimum atomic E-state index is -0.270. The molecule has 22 heavy (non-hydrogen) atoms. The summed E-state index contributed by atoms with van der Waals surface area (Å²) < 4.78 is 13.7. The topological polar surface area (TPSA) is 49.6 Å². The van der Waals surface area contributed by atoms with Crippen molar-refractivity contribution in [2.24, 2.45) is 11.7 Å². The Morgan fingerprint density at radius 3 is 2.86 bits per heavy atom. The molecule has 1 aliphatic rings. The summed E-state index contributed by atoms with van der Waals surface area (Å²) in [5.74, 6) is 0.257. The zero-order valence-corrected chi connectivity index (χ0v) is 13.5. The van der Waals surface area contributed by atoms with Crippen molar-refractivity contribution in [1.82, 2.24) is 9.80 Å². The molecule has 2 rings (SSSR count). The van der Waals surface area contributed by atoms with E-state index in [0.29, 0.717) is 31.1 Å². The van der Waals surface area contributed by atoms with Crippen LogP contribution in [0.25, 0.3) is 0 Å². The Morgan fingerprint density at radius 1 is 1.45 bits per heavy atom. The molecule has 2 unspecified atom stereocenters. The second-order valence-electron chi connectivity index (χ2n) is 6.23. The summed E-state index contributed by atoms with van der Waals surface area (Å²) >= 11 is 0. The van der Waals surface area contributed by atoms with Crippen LogP contribution in [-0.2, 0) is 11.3 Å². The van der Waals surface area contributed by atoms with E-state index in [-0.39, 0.29) is 17.8 Å². The van der Waals surface area contributed by atoms with Gasteiger partial charge in [0.05, 0.1) is 6.54 Å². The summed E-state index contributed by atoms with van der Waals surface area (Å²) in [7, 11) is 1.72. The van der Waals surface area contributed by atoms with Gasteiger partial charge in [0.25, 0.3) is 0 Å². The lowest BCUT2D eigenvalue weighted by Crippen LogP contribution is -2.52. The van der Waals surface area contributed by atoms with Gasteiger partial charge in [0.2, 0.25) is 5.91 Å². The van der Waals surface area contributed by atoms with Crippen LogP contribution in [0.1, 0.15) is 25.3 Å². The van der Waals surface area contributed by atoms with Crippen LogP contribution in [0.4, 0.5) is 4.39 Å². The molecule has 1 aliphatic heterocycles. The zero-order chi connectivity index (χ0) is 16.1. The van der Waals surface area contributed by atoms with Crippen molar-refractivity contribution in [2.45, 2.75) is 32.4 Å². The molecule has 0 bridgehead atoms. The van der Waals surface area contributed by atoms with Crippen LogP contribution in [0.2, 0.25) is 0 Å². The maximum atomic E-state index is 13.7. The van der Waals surface area contributed by atoms with Crippen molar-refractivity contribution < 1.29 is 9.18 Å². The normalized spacial score (nSPS) is 22.5. The quantitative estimate of drug-likeness (QED) is 0.903. The van der Waals surface area contributed by atoms with Gasteiger partial charge in [-0.1, -0.05) is 25.1 Å². The molecule has 1 aromatic carbocycles. The number of likely N-dealkylation sites (N-methyl/N-ethyl adjacent to an activating group) is 1. The number of piperidine rings is 1. The Labute approximate surface area is 132 Å². The highest BCUT2D eigenvalue weighted by Crippen LogP contribution is 2.22. The first-order chi connectivity index (χ1) is 10.5. The average molecular weight is 307 g/mol. The molecule has 0 radical (unpaired) electrons. The van der Waals surface area contributed by atoms with Crippen LogP contribution in [-0.4, -0.2) is 48.4 Å². The first kappa shape index (κ1) is 16.9. The predicted octanol–water partition coefficient (Wildman–Crippen LogP) is 1.84. The van der Waals surface area contributed by atoms with Crippen molar-refractivity contribution in [3.05, 3.63) is 35.6 Å². The zero-order valence-electron chi connectivity index (χ0n) is 13.5. The third-order valence-corrected chi connectivity index (χ3v) is 4.60. The van der Waals surface area contributed by atoms with Crippen molar-refractivity contribution in [3.63, 3.8) is 0 Å². The Hall–Kier alpha value is -1.46. The van der Waals surface area contributed by atoms with Crippen molar-refractivity contribution >= 4 is 5.91 Å². The minimum absolute atomic E-state index is 0.0100. The first-order valence-corrected chi connectivity index (χ1v) is 7.94. The number of benzene rings is 1. The van der Waals surface area contributed by atoms with E-state index < -0.39 is 0 Å². The molecule has 0 saturated carbocycles. The van der Waals surface area contributed by atoms with E-state index in [4.69, 9.17) is 5.73 Å². The fraction of sp³-hybridized carbons (Fsp3) is 0.588. The summed E-state index contributed by atoms with van der Waals surface area (Å²) in [5.41, 5.74) is 6.41. The first-order valence-electron chi connectivity index (χ1n) is 7.94. The molecule has 122 valence electrons. The van der Waals surface area contributed by atoms with Crippen LogP contribution in [0.5, 0.6) is 0 Å². The number of likely N-dealkylation sites (tertiary alicyclic amines) is 1. The number of nitrogens with two attached hydrogens (primary N) is 1. The fourth-order valence-corrected chi connectivity index (χ4v) is 3.18. The lowest BCUT2D eigenvalue weighted by atomic mass is 9.91. The van der Waals surface area contributed by atoms with E-state index in [2.05, 4.69) is 11.8 Å². The van der Waals surface area contributed by atoms with Gasteiger partial charge in [0.1, 0.15) is 5.82 Å². The highest BCUT2D eigenvalue weighted by molar-refractivity contribution is 5.78. The lowest BCUT2D eigenvalue weighted by Gasteiger charge is -2.39. The average Bonchev–Trinajstić information content (AvgIpc) is 2.49. The fourth-order valence-electron chi connectivity index (χ4n) is 3.18. The lowest BCUT2D eigenvalue weighted by molar-refractivity contribution is -0.132. The number of rotatable bonds is 5. The van der Waals surface area contributed by atoms with Crippen LogP contribution < -0.4 is 5.73 Å². The summed E-state index contributed by atoms with van der Waals surface area (Å²) in [6.07, 6.45) is 2.26. The van der Waals surface area contributed by atoms with Gasteiger partial charge in [-0.25, -0.2) is 4.39 Å². The maximum Gasteiger partial charge on any atom is 0.236 e. The SMILES string of the molecule is CC1CCCN(CC(=O)N(C)Cc2ccccc2F)C1CN. The van der Waals surface area contributed by atoms with Crippen LogP contribution in [0, 0.1) is 11.7 Å². The van der Waals surface area contributed by atoms with E-state index >= 15 is 0 Å². The second-order valence-corrected chi connectivity index (χ2v) is 6.23. The standard InChI is InChI=1S/C17H26FN3O/c1-13-6-5-9-21(16(13)10-19)12-17(22)20(2)11-14-7-3-4-8-15(14)18/h3-4,7-8,13,16H,5-6,9-12,19H2,1-2H3. The number of hydrogen-bond donors (Lipinski definition) is 1. The Bertz CT molecular complexity index is 508. The number of halogens is 1. The summed E-state index contributed by atoms with van der Waals surface area (Å²) in [4.78, 5) is 16.2. The van der Waals surface area contributed by atoms with Gasteiger partial charge in [0.15, 0.2) is 0 Å². The highest BCUT2D eigenvalue weighted by atomic mass is 19.1. The van der Waals surface area contributed by atoms with Gasteiger partial charge in [0, 0.05) is 31.7 Å². The molecule has 1 heterocycles. The largest absolute Gasteiger partial charge is 0.340 e. The maximum absolute atomic E-state index is 13.7. The number of hydrogen-bond acceptors (Lipinski definition) is 3. The third kappa shape index (κ3) is 4.05. The monoisotopic (exact) mass is 307 g/mol. The molecule has 0 spiro atoms. The Morgan fingerprint density at radius 2 is 2.18 bits per heavy atom.